The first-order valence-corrected chi connectivity index (χ1v) is 8.20. The van der Waals surface area contributed by atoms with Gasteiger partial charge in [-0.1, -0.05) is 35.9 Å². The lowest BCUT2D eigenvalue weighted by molar-refractivity contribution is 0.102. The Kier molecular flexibility index (Phi) is 5.31. The molecule has 0 fully saturated rings. The molecule has 126 valence electrons. The predicted molar refractivity (Wildman–Crippen MR) is 99.2 cm³/mol. The molecule has 5 heteroatoms. The molecule has 0 bridgehead atoms. The molecule has 0 radical (unpaired) electrons. The van der Waals surface area contributed by atoms with Crippen molar-refractivity contribution in [1.82, 2.24) is 4.98 Å². The second kappa shape index (κ2) is 7.81. The molecule has 0 aliphatic carbocycles. The zero-order chi connectivity index (χ0) is 17.6. The SMILES string of the molecule is Cc1cccnc1NC(=O)c1cccc(OCc2cccc(Cl)c2)c1. The highest BCUT2D eigenvalue weighted by Gasteiger charge is 2.09. The smallest absolute Gasteiger partial charge is 0.256 e. The highest BCUT2D eigenvalue weighted by atomic mass is 35.5. The lowest BCUT2D eigenvalue weighted by Gasteiger charge is -2.10. The van der Waals surface area contributed by atoms with Crippen LogP contribution in [0.25, 0.3) is 0 Å². The molecule has 1 amide bonds. The van der Waals surface area contributed by atoms with E-state index in [1.54, 1.807) is 24.4 Å². The number of rotatable bonds is 5. The van der Waals surface area contributed by atoms with Crippen LogP contribution in [0.1, 0.15) is 21.5 Å². The van der Waals surface area contributed by atoms with Gasteiger partial charge in [-0.15, -0.1) is 0 Å². The monoisotopic (exact) mass is 352 g/mol. The Labute approximate surface area is 151 Å². The van der Waals surface area contributed by atoms with Crippen LogP contribution in [-0.2, 0) is 6.61 Å². The second-order valence-electron chi connectivity index (χ2n) is 5.57. The number of nitrogens with one attached hydrogen (secondary N) is 1. The Morgan fingerprint density at radius 3 is 2.76 bits per heavy atom. The summed E-state index contributed by atoms with van der Waals surface area (Å²) in [5.74, 6) is 0.943. The van der Waals surface area contributed by atoms with E-state index < -0.39 is 0 Å². The molecule has 0 aliphatic rings. The van der Waals surface area contributed by atoms with Crippen molar-refractivity contribution in [3.63, 3.8) is 0 Å². The third-order valence-electron chi connectivity index (χ3n) is 3.63. The third-order valence-corrected chi connectivity index (χ3v) is 3.87. The third kappa shape index (κ3) is 4.58. The van der Waals surface area contributed by atoms with Crippen LogP contribution >= 0.6 is 11.6 Å². The molecule has 0 saturated carbocycles. The molecule has 0 unspecified atom stereocenters. The number of pyridine rings is 1. The molecule has 1 aromatic heterocycles. The molecule has 1 heterocycles. The minimum Gasteiger partial charge on any atom is -0.489 e. The number of halogens is 1. The van der Waals surface area contributed by atoms with Gasteiger partial charge in [0.1, 0.15) is 18.2 Å². The van der Waals surface area contributed by atoms with Gasteiger partial charge >= 0.3 is 0 Å². The van der Waals surface area contributed by atoms with Crippen LogP contribution in [0.4, 0.5) is 5.82 Å². The number of amides is 1. The van der Waals surface area contributed by atoms with E-state index in [1.165, 1.54) is 0 Å². The van der Waals surface area contributed by atoms with Gasteiger partial charge in [-0.25, -0.2) is 4.98 Å². The standard InChI is InChI=1S/C20H17ClN2O2/c1-14-5-4-10-22-19(14)23-20(24)16-7-3-9-18(12-16)25-13-15-6-2-8-17(21)11-15/h2-12H,13H2,1H3,(H,22,23,24). The number of aromatic nitrogens is 1. The van der Waals surface area contributed by atoms with Crippen LogP contribution in [0.5, 0.6) is 5.75 Å². The summed E-state index contributed by atoms with van der Waals surface area (Å²) in [6.07, 6.45) is 1.65. The first kappa shape index (κ1) is 17.0. The number of benzene rings is 2. The van der Waals surface area contributed by atoms with Gasteiger partial charge in [0.25, 0.3) is 5.91 Å². The Morgan fingerprint density at radius 2 is 1.96 bits per heavy atom. The van der Waals surface area contributed by atoms with Crippen molar-refractivity contribution in [2.45, 2.75) is 13.5 Å². The van der Waals surface area contributed by atoms with E-state index >= 15 is 0 Å². The van der Waals surface area contributed by atoms with Gasteiger partial charge in [-0.05, 0) is 54.4 Å². The van der Waals surface area contributed by atoms with Crippen molar-refractivity contribution >= 4 is 23.3 Å². The van der Waals surface area contributed by atoms with Gasteiger partial charge in [-0.3, -0.25) is 4.79 Å². The summed E-state index contributed by atoms with van der Waals surface area (Å²) >= 11 is 5.97. The Balaban J connectivity index is 1.68. The molecule has 25 heavy (non-hydrogen) atoms. The average molecular weight is 353 g/mol. The van der Waals surface area contributed by atoms with Crippen LogP contribution in [0.2, 0.25) is 5.02 Å². The molecule has 0 spiro atoms. The van der Waals surface area contributed by atoms with E-state index in [4.69, 9.17) is 16.3 Å². The molecule has 4 nitrogen and oxygen atoms in total. The average Bonchev–Trinajstić information content (AvgIpc) is 2.62. The van der Waals surface area contributed by atoms with Gasteiger partial charge < -0.3 is 10.1 Å². The largest absolute Gasteiger partial charge is 0.489 e. The van der Waals surface area contributed by atoms with Gasteiger partial charge in [0.2, 0.25) is 0 Å². The lowest BCUT2D eigenvalue weighted by atomic mass is 10.2. The van der Waals surface area contributed by atoms with Crippen LogP contribution in [-0.4, -0.2) is 10.9 Å². The summed E-state index contributed by atoms with van der Waals surface area (Å²) in [4.78, 5) is 16.6. The predicted octanol–water partition coefficient (Wildman–Crippen LogP) is 4.87. The summed E-state index contributed by atoms with van der Waals surface area (Å²) in [5, 5.41) is 3.48. The summed E-state index contributed by atoms with van der Waals surface area (Å²) < 4.78 is 5.76. The van der Waals surface area contributed by atoms with Gasteiger partial charge in [0.05, 0.1) is 0 Å². The topological polar surface area (TPSA) is 51.2 Å². The second-order valence-corrected chi connectivity index (χ2v) is 6.01. The maximum absolute atomic E-state index is 12.4. The quantitative estimate of drug-likeness (QED) is 0.712. The fourth-order valence-electron chi connectivity index (χ4n) is 2.32. The Bertz CT molecular complexity index is 896. The van der Waals surface area contributed by atoms with E-state index in [9.17, 15) is 4.79 Å². The summed E-state index contributed by atoms with van der Waals surface area (Å²) in [6.45, 7) is 2.28. The van der Waals surface area contributed by atoms with Crippen LogP contribution in [0.15, 0.2) is 66.9 Å². The van der Waals surface area contributed by atoms with Crippen molar-refractivity contribution in [2.24, 2.45) is 0 Å². The molecule has 2 aromatic carbocycles. The zero-order valence-electron chi connectivity index (χ0n) is 13.7. The summed E-state index contributed by atoms with van der Waals surface area (Å²) in [6, 6.07) is 18.2. The van der Waals surface area contributed by atoms with E-state index in [0.717, 1.165) is 11.1 Å². The van der Waals surface area contributed by atoms with E-state index in [1.807, 2.05) is 49.4 Å². The Morgan fingerprint density at radius 1 is 1.12 bits per heavy atom. The van der Waals surface area contributed by atoms with E-state index in [2.05, 4.69) is 10.3 Å². The fourth-order valence-corrected chi connectivity index (χ4v) is 2.53. The normalized spacial score (nSPS) is 10.3. The highest BCUT2D eigenvalue weighted by molar-refractivity contribution is 6.30. The van der Waals surface area contributed by atoms with Gasteiger partial charge in [0.15, 0.2) is 0 Å². The summed E-state index contributed by atoms with van der Waals surface area (Å²) in [7, 11) is 0. The highest BCUT2D eigenvalue weighted by Crippen LogP contribution is 2.18. The summed E-state index contributed by atoms with van der Waals surface area (Å²) in [5.41, 5.74) is 2.38. The van der Waals surface area contributed by atoms with E-state index in [-0.39, 0.29) is 5.91 Å². The number of carbonyl (C=O) groups is 1. The Hall–Kier alpha value is -2.85. The number of nitrogens with zero attached hydrogens (tertiary/aromatic N) is 1. The number of anilines is 1. The number of aryl methyl sites for hydroxylation is 1. The maximum Gasteiger partial charge on any atom is 0.256 e. The number of carbonyl (C=O) groups excluding carboxylic acids is 1. The molecule has 3 aromatic rings. The van der Waals surface area contributed by atoms with Crippen molar-refractivity contribution < 1.29 is 9.53 Å². The van der Waals surface area contributed by atoms with Crippen LogP contribution < -0.4 is 10.1 Å². The van der Waals surface area contributed by atoms with Crippen molar-refractivity contribution in [3.8, 4) is 5.75 Å². The molecular weight excluding hydrogens is 336 g/mol. The number of hydrogen-bond donors (Lipinski definition) is 1. The van der Waals surface area contributed by atoms with E-state index in [0.29, 0.717) is 28.8 Å². The van der Waals surface area contributed by atoms with Gasteiger partial charge in [0, 0.05) is 16.8 Å². The minimum absolute atomic E-state index is 0.227. The first-order chi connectivity index (χ1) is 12.1. The van der Waals surface area contributed by atoms with Crippen LogP contribution in [0, 0.1) is 6.92 Å². The fraction of sp³-hybridized carbons (Fsp3) is 0.100. The van der Waals surface area contributed by atoms with Crippen molar-refractivity contribution in [3.05, 3.63) is 88.6 Å². The molecule has 0 aliphatic heterocycles. The molecule has 1 N–H and O–H groups in total. The first-order valence-electron chi connectivity index (χ1n) is 7.82. The lowest BCUT2D eigenvalue weighted by Crippen LogP contribution is -2.14. The zero-order valence-corrected chi connectivity index (χ0v) is 14.5. The van der Waals surface area contributed by atoms with Crippen molar-refractivity contribution in [2.75, 3.05) is 5.32 Å². The molecule has 0 atom stereocenters. The minimum atomic E-state index is -0.227. The number of ether oxygens (including phenoxy) is 1. The molecular formula is C20H17ClN2O2. The molecule has 0 saturated heterocycles. The van der Waals surface area contributed by atoms with Crippen LogP contribution in [0.3, 0.4) is 0 Å². The number of hydrogen-bond acceptors (Lipinski definition) is 3. The maximum atomic E-state index is 12.4. The molecule has 3 rings (SSSR count). The van der Waals surface area contributed by atoms with Crippen molar-refractivity contribution in [1.29, 1.82) is 0 Å². The van der Waals surface area contributed by atoms with Gasteiger partial charge in [-0.2, -0.15) is 0 Å².